The molecule has 1 aliphatic carbocycles. The van der Waals surface area contributed by atoms with E-state index in [1.54, 1.807) is 0 Å². The molecule has 0 amide bonds. The molecule has 92 valence electrons. The topological polar surface area (TPSA) is 29.5 Å². The lowest BCUT2D eigenvalue weighted by molar-refractivity contribution is 0.111. The van der Waals surface area contributed by atoms with Gasteiger partial charge in [-0.1, -0.05) is 18.9 Å². The monoisotopic (exact) mass is 232 g/mol. The van der Waals surface area contributed by atoms with E-state index in [0.717, 1.165) is 17.7 Å². The van der Waals surface area contributed by atoms with Gasteiger partial charge in [-0.3, -0.25) is 0 Å². The Morgan fingerprint density at radius 3 is 2.82 bits per heavy atom. The molecule has 1 aromatic carbocycles. The van der Waals surface area contributed by atoms with Crippen molar-refractivity contribution in [2.24, 2.45) is 5.92 Å². The van der Waals surface area contributed by atoms with Crippen LogP contribution in [0.5, 0.6) is 5.75 Å². The van der Waals surface area contributed by atoms with Crippen molar-refractivity contribution in [3.05, 3.63) is 29.3 Å². The fraction of sp³-hybridized carbons (Fsp3) is 0.600. The zero-order valence-corrected chi connectivity index (χ0v) is 10.4. The zero-order chi connectivity index (χ0) is 11.8. The lowest BCUT2D eigenvalue weighted by Gasteiger charge is -2.18. The maximum atomic E-state index is 10.4. The maximum Gasteiger partial charge on any atom is 0.123 e. The molecule has 2 nitrogen and oxygen atoms in total. The van der Waals surface area contributed by atoms with Gasteiger partial charge >= 0.3 is 0 Å². The van der Waals surface area contributed by atoms with E-state index in [-0.39, 0.29) is 12.2 Å². The van der Waals surface area contributed by atoms with E-state index >= 15 is 0 Å². The van der Waals surface area contributed by atoms with E-state index in [4.69, 9.17) is 4.74 Å². The molecule has 3 rings (SSSR count). The predicted octanol–water partition coefficient (Wildman–Crippen LogP) is 3.23. The van der Waals surface area contributed by atoms with Gasteiger partial charge in [-0.25, -0.2) is 0 Å². The molecule has 0 saturated heterocycles. The molecule has 1 aromatic rings. The number of aliphatic hydroxyl groups excluding tert-OH is 1. The van der Waals surface area contributed by atoms with Crippen LogP contribution in [-0.2, 0) is 6.42 Å². The third-order valence-corrected chi connectivity index (χ3v) is 4.11. The Balaban J connectivity index is 1.82. The number of hydrogen-bond acceptors (Lipinski definition) is 2. The Morgan fingerprint density at radius 1 is 1.29 bits per heavy atom. The molecule has 0 radical (unpaired) electrons. The van der Waals surface area contributed by atoms with Gasteiger partial charge < -0.3 is 9.84 Å². The normalized spacial score (nSPS) is 25.6. The van der Waals surface area contributed by atoms with Crippen LogP contribution in [-0.4, -0.2) is 11.2 Å². The smallest absolute Gasteiger partial charge is 0.123 e. The number of aliphatic hydroxyl groups is 1. The summed E-state index contributed by atoms with van der Waals surface area (Å²) in [5, 5.41) is 10.4. The molecule has 2 aliphatic rings. The molecule has 2 unspecified atom stereocenters. The van der Waals surface area contributed by atoms with Crippen molar-refractivity contribution >= 4 is 0 Å². The van der Waals surface area contributed by atoms with Gasteiger partial charge in [-0.15, -0.1) is 0 Å². The minimum atomic E-state index is -0.279. The number of rotatable bonds is 2. The molecule has 0 spiro atoms. The quantitative estimate of drug-likeness (QED) is 0.848. The van der Waals surface area contributed by atoms with Gasteiger partial charge in [0.05, 0.1) is 6.10 Å². The van der Waals surface area contributed by atoms with Crippen LogP contribution in [0.2, 0.25) is 0 Å². The predicted molar refractivity (Wildman–Crippen MR) is 67.2 cm³/mol. The SMILES string of the molecule is CC1Cc2cc(C(O)C3CCCC3)ccc2O1. The maximum absolute atomic E-state index is 10.4. The fourth-order valence-corrected chi connectivity index (χ4v) is 3.17. The van der Waals surface area contributed by atoms with E-state index < -0.39 is 0 Å². The second kappa shape index (κ2) is 4.34. The highest BCUT2D eigenvalue weighted by Crippen LogP contribution is 2.38. The summed E-state index contributed by atoms with van der Waals surface area (Å²) >= 11 is 0. The molecule has 1 fully saturated rings. The molecule has 17 heavy (non-hydrogen) atoms. The summed E-state index contributed by atoms with van der Waals surface area (Å²) in [6.07, 6.45) is 5.86. The molecule has 1 N–H and O–H groups in total. The number of fused-ring (bicyclic) bond motifs is 1. The van der Waals surface area contributed by atoms with Gasteiger partial charge in [-0.05, 0) is 48.9 Å². The second-order valence-corrected chi connectivity index (χ2v) is 5.49. The highest BCUT2D eigenvalue weighted by Gasteiger charge is 2.26. The van der Waals surface area contributed by atoms with Gasteiger partial charge in [0, 0.05) is 6.42 Å². The van der Waals surface area contributed by atoms with Crippen LogP contribution in [0.25, 0.3) is 0 Å². The third kappa shape index (κ3) is 2.06. The summed E-state index contributed by atoms with van der Waals surface area (Å²) in [6, 6.07) is 6.19. The molecule has 2 atom stereocenters. The lowest BCUT2D eigenvalue weighted by Crippen LogP contribution is -2.09. The van der Waals surface area contributed by atoms with Gasteiger partial charge in [0.2, 0.25) is 0 Å². The van der Waals surface area contributed by atoms with Gasteiger partial charge in [0.25, 0.3) is 0 Å². The van der Waals surface area contributed by atoms with E-state index in [2.05, 4.69) is 13.0 Å². The van der Waals surface area contributed by atoms with Gasteiger partial charge in [0.1, 0.15) is 11.9 Å². The molecule has 2 heteroatoms. The second-order valence-electron chi connectivity index (χ2n) is 5.49. The molecule has 1 saturated carbocycles. The molecule has 0 aromatic heterocycles. The van der Waals surface area contributed by atoms with Crippen LogP contribution in [0, 0.1) is 5.92 Å². The molecule has 1 heterocycles. The highest BCUT2D eigenvalue weighted by molar-refractivity contribution is 5.41. The first-order valence-corrected chi connectivity index (χ1v) is 6.71. The van der Waals surface area contributed by atoms with Crippen LogP contribution in [0.3, 0.4) is 0 Å². The van der Waals surface area contributed by atoms with Crippen molar-refractivity contribution in [2.45, 2.75) is 51.2 Å². The van der Waals surface area contributed by atoms with E-state index in [0.29, 0.717) is 5.92 Å². The van der Waals surface area contributed by atoms with Crippen molar-refractivity contribution in [1.29, 1.82) is 0 Å². The van der Waals surface area contributed by atoms with E-state index in [1.807, 2.05) is 12.1 Å². The first-order chi connectivity index (χ1) is 8.24. The minimum Gasteiger partial charge on any atom is -0.490 e. The first kappa shape index (κ1) is 11.1. The molecule has 0 bridgehead atoms. The Kier molecular flexibility index (Phi) is 2.83. The zero-order valence-electron chi connectivity index (χ0n) is 10.4. The van der Waals surface area contributed by atoms with Crippen molar-refractivity contribution in [3.63, 3.8) is 0 Å². The first-order valence-electron chi connectivity index (χ1n) is 6.71. The van der Waals surface area contributed by atoms with Crippen LogP contribution in [0.4, 0.5) is 0 Å². The van der Waals surface area contributed by atoms with Crippen LogP contribution < -0.4 is 4.74 Å². The van der Waals surface area contributed by atoms with Crippen LogP contribution in [0.1, 0.15) is 49.8 Å². The average molecular weight is 232 g/mol. The van der Waals surface area contributed by atoms with E-state index in [1.165, 1.54) is 31.2 Å². The highest BCUT2D eigenvalue weighted by atomic mass is 16.5. The third-order valence-electron chi connectivity index (χ3n) is 4.11. The summed E-state index contributed by atoms with van der Waals surface area (Å²) in [6.45, 7) is 2.09. The van der Waals surface area contributed by atoms with E-state index in [9.17, 15) is 5.11 Å². The van der Waals surface area contributed by atoms with Crippen LogP contribution in [0.15, 0.2) is 18.2 Å². The standard InChI is InChI=1S/C15H20O2/c1-10-8-13-9-12(6-7-14(13)17-10)15(16)11-4-2-3-5-11/h6-7,9-11,15-16H,2-5,8H2,1H3. The Morgan fingerprint density at radius 2 is 2.06 bits per heavy atom. The van der Waals surface area contributed by atoms with Gasteiger partial charge in [0.15, 0.2) is 0 Å². The minimum absolute atomic E-state index is 0.279. The Bertz CT molecular complexity index is 407. The molecular weight excluding hydrogens is 212 g/mol. The van der Waals surface area contributed by atoms with Gasteiger partial charge in [-0.2, -0.15) is 0 Å². The Hall–Kier alpha value is -1.02. The number of benzene rings is 1. The van der Waals surface area contributed by atoms with Crippen LogP contribution >= 0.6 is 0 Å². The Labute approximate surface area is 103 Å². The number of ether oxygens (including phenoxy) is 1. The average Bonchev–Trinajstić information content (AvgIpc) is 2.94. The van der Waals surface area contributed by atoms with Crippen molar-refractivity contribution in [1.82, 2.24) is 0 Å². The van der Waals surface area contributed by atoms with Crippen molar-refractivity contribution < 1.29 is 9.84 Å². The summed E-state index contributed by atoms with van der Waals surface area (Å²) in [7, 11) is 0. The van der Waals surface area contributed by atoms with Crippen molar-refractivity contribution in [2.75, 3.05) is 0 Å². The molecule has 1 aliphatic heterocycles. The fourth-order valence-electron chi connectivity index (χ4n) is 3.17. The summed E-state index contributed by atoms with van der Waals surface area (Å²) in [5.74, 6) is 1.47. The summed E-state index contributed by atoms with van der Waals surface area (Å²) in [5.41, 5.74) is 2.33. The van der Waals surface area contributed by atoms with Crippen molar-refractivity contribution in [3.8, 4) is 5.75 Å². The lowest BCUT2D eigenvalue weighted by atomic mass is 9.93. The summed E-state index contributed by atoms with van der Waals surface area (Å²) < 4.78 is 5.69. The largest absolute Gasteiger partial charge is 0.490 e. The molecular formula is C15H20O2. The number of hydrogen-bond donors (Lipinski definition) is 1. The summed E-state index contributed by atoms with van der Waals surface area (Å²) in [4.78, 5) is 0.